The highest BCUT2D eigenvalue weighted by Gasteiger charge is 2.38. The van der Waals surface area contributed by atoms with Gasteiger partial charge in [0.2, 0.25) is 11.8 Å². The molecule has 0 aliphatic carbocycles. The van der Waals surface area contributed by atoms with Gasteiger partial charge in [0, 0.05) is 28.7 Å². The predicted molar refractivity (Wildman–Crippen MR) is 144 cm³/mol. The van der Waals surface area contributed by atoms with Crippen LogP contribution < -0.4 is 15.2 Å². The molecule has 2 aromatic carbocycles. The van der Waals surface area contributed by atoms with E-state index in [9.17, 15) is 10.1 Å². The zero-order chi connectivity index (χ0) is 26.8. The summed E-state index contributed by atoms with van der Waals surface area (Å²) in [5.41, 5.74) is 10.5. The fraction of sp³-hybridized carbons (Fsp3) is 0.321. The second-order valence-electron chi connectivity index (χ2n) is 9.69. The minimum atomic E-state index is -0.683. The molecule has 0 bridgehead atoms. The van der Waals surface area contributed by atoms with E-state index < -0.39 is 12.0 Å². The molecule has 196 valence electrons. The summed E-state index contributed by atoms with van der Waals surface area (Å²) in [4.78, 5) is 14.6. The fourth-order valence-electron chi connectivity index (χ4n) is 4.80. The number of halogens is 1. The minimum Gasteiger partial charge on any atom is -0.420 e. The average Bonchev–Trinajstić information content (AvgIpc) is 3.32. The van der Waals surface area contributed by atoms with Crippen LogP contribution in [0.3, 0.4) is 0 Å². The van der Waals surface area contributed by atoms with Crippen LogP contribution in [0.5, 0.6) is 11.6 Å². The first-order valence-electron chi connectivity index (χ1n) is 12.4. The van der Waals surface area contributed by atoms with E-state index >= 15 is 0 Å². The molecule has 3 aromatic rings. The highest BCUT2D eigenvalue weighted by atomic mass is 79.9. The zero-order valence-electron chi connectivity index (χ0n) is 21.2. The lowest BCUT2D eigenvalue weighted by Gasteiger charge is -2.28. The molecule has 1 amide bonds. The van der Waals surface area contributed by atoms with Crippen LogP contribution in [0.4, 0.5) is 4.79 Å². The van der Waals surface area contributed by atoms with E-state index in [0.717, 1.165) is 16.5 Å². The van der Waals surface area contributed by atoms with Gasteiger partial charge in [-0.25, -0.2) is 4.79 Å². The van der Waals surface area contributed by atoms with Crippen molar-refractivity contribution in [1.82, 2.24) is 15.1 Å². The van der Waals surface area contributed by atoms with Crippen molar-refractivity contribution in [2.45, 2.75) is 26.2 Å². The Morgan fingerprint density at radius 3 is 2.68 bits per heavy atom. The Morgan fingerprint density at radius 1 is 1.26 bits per heavy atom. The largest absolute Gasteiger partial charge is 0.420 e. The average molecular weight is 578 g/mol. The molecule has 5 rings (SSSR count). The number of amides is 1. The van der Waals surface area contributed by atoms with Gasteiger partial charge in [0.1, 0.15) is 17.4 Å². The SMILES string of the molecule is CC(C)Cc1ccc(-c2[nH]nc3c2[C@H](c2cc(Br)ccc2OC(=O)N2CCOCC2)C(C#N)=C(N)O3)cc1. The number of carbonyl (C=O) groups is 1. The van der Waals surface area contributed by atoms with Gasteiger partial charge < -0.3 is 24.8 Å². The third-order valence-corrected chi connectivity index (χ3v) is 7.07. The monoisotopic (exact) mass is 577 g/mol. The normalized spacial score (nSPS) is 17.1. The first-order valence-corrected chi connectivity index (χ1v) is 13.2. The summed E-state index contributed by atoms with van der Waals surface area (Å²) in [6, 6.07) is 15.8. The molecule has 0 spiro atoms. The van der Waals surface area contributed by atoms with Crippen LogP contribution in [0, 0.1) is 17.2 Å². The van der Waals surface area contributed by atoms with Gasteiger partial charge in [0.25, 0.3) is 0 Å². The molecule has 2 aliphatic heterocycles. The molecule has 3 heterocycles. The van der Waals surface area contributed by atoms with Crippen LogP contribution in [0.15, 0.2) is 58.4 Å². The molecule has 0 radical (unpaired) electrons. The van der Waals surface area contributed by atoms with Gasteiger partial charge in [-0.05, 0) is 36.1 Å². The lowest BCUT2D eigenvalue weighted by atomic mass is 9.82. The molecular formula is C28H28BrN5O4. The van der Waals surface area contributed by atoms with Crippen molar-refractivity contribution >= 4 is 22.0 Å². The van der Waals surface area contributed by atoms with E-state index in [4.69, 9.17) is 19.9 Å². The first kappa shape index (κ1) is 25.8. The van der Waals surface area contributed by atoms with E-state index in [-0.39, 0.29) is 17.3 Å². The van der Waals surface area contributed by atoms with E-state index in [0.29, 0.717) is 54.8 Å². The van der Waals surface area contributed by atoms with Crippen LogP contribution in [0.2, 0.25) is 0 Å². The number of benzene rings is 2. The molecule has 2 aliphatic rings. The van der Waals surface area contributed by atoms with Crippen molar-refractivity contribution in [3.8, 4) is 29.0 Å². The van der Waals surface area contributed by atoms with E-state index in [1.165, 1.54) is 5.56 Å². The second kappa shape index (κ2) is 10.9. The van der Waals surface area contributed by atoms with E-state index in [1.807, 2.05) is 18.2 Å². The Kier molecular flexibility index (Phi) is 7.40. The minimum absolute atomic E-state index is 0.0410. The maximum atomic E-state index is 13.0. The lowest BCUT2D eigenvalue weighted by Crippen LogP contribution is -2.42. The Bertz CT molecular complexity index is 1420. The maximum absolute atomic E-state index is 13.0. The molecule has 1 aromatic heterocycles. The first-order chi connectivity index (χ1) is 18.4. The number of nitriles is 1. The van der Waals surface area contributed by atoms with Crippen molar-refractivity contribution < 1.29 is 19.0 Å². The van der Waals surface area contributed by atoms with Crippen molar-refractivity contribution in [2.75, 3.05) is 26.3 Å². The molecular weight excluding hydrogens is 550 g/mol. The van der Waals surface area contributed by atoms with Gasteiger partial charge in [0.05, 0.1) is 30.4 Å². The molecule has 0 saturated carbocycles. The number of ether oxygens (including phenoxy) is 3. The summed E-state index contributed by atoms with van der Waals surface area (Å²) < 4.78 is 17.7. The van der Waals surface area contributed by atoms with Crippen molar-refractivity contribution in [3.05, 3.63) is 75.1 Å². The Labute approximate surface area is 229 Å². The standard InChI is InChI=1S/C28H28BrN5O4/c1-16(2)13-17-3-5-18(6-4-17)25-24-23(21(15-30)26(31)38-27(24)33-32-25)20-14-19(29)7-8-22(20)37-28(35)34-9-11-36-12-10-34/h3-8,14,16,23H,9-13,31H2,1-2H3,(H,32,33)/t23-/m1/s1. The fourth-order valence-corrected chi connectivity index (χ4v) is 5.18. The van der Waals surface area contributed by atoms with Crippen LogP contribution in [-0.4, -0.2) is 47.5 Å². The number of aromatic nitrogens is 2. The number of fused-ring (bicyclic) bond motifs is 1. The number of H-pyrrole nitrogens is 1. The predicted octanol–water partition coefficient (Wildman–Crippen LogP) is 5.09. The molecule has 10 heteroatoms. The van der Waals surface area contributed by atoms with Crippen molar-refractivity contribution in [1.29, 1.82) is 5.26 Å². The molecule has 1 fully saturated rings. The molecule has 0 unspecified atom stereocenters. The highest BCUT2D eigenvalue weighted by molar-refractivity contribution is 9.10. The van der Waals surface area contributed by atoms with Gasteiger partial charge in [-0.2, -0.15) is 5.26 Å². The van der Waals surface area contributed by atoms with E-state index in [1.54, 1.807) is 17.0 Å². The number of hydrogen-bond donors (Lipinski definition) is 2. The summed E-state index contributed by atoms with van der Waals surface area (Å²) in [6.07, 6.45) is 0.494. The quantitative estimate of drug-likeness (QED) is 0.432. The Morgan fingerprint density at radius 2 is 2.00 bits per heavy atom. The number of carbonyl (C=O) groups excluding carboxylic acids is 1. The third kappa shape index (κ3) is 5.12. The van der Waals surface area contributed by atoms with Gasteiger partial charge in [-0.3, -0.25) is 5.10 Å². The number of rotatable bonds is 5. The van der Waals surface area contributed by atoms with Crippen LogP contribution in [0.25, 0.3) is 11.3 Å². The summed E-state index contributed by atoms with van der Waals surface area (Å²) in [6.45, 7) is 6.17. The third-order valence-electron chi connectivity index (χ3n) is 6.57. The van der Waals surface area contributed by atoms with Crippen molar-refractivity contribution in [2.24, 2.45) is 11.7 Å². The molecule has 38 heavy (non-hydrogen) atoms. The van der Waals surface area contributed by atoms with Crippen LogP contribution in [-0.2, 0) is 11.2 Å². The number of nitrogens with one attached hydrogen (secondary N) is 1. The number of allylic oxidation sites excluding steroid dienone is 1. The van der Waals surface area contributed by atoms with Gasteiger partial charge >= 0.3 is 6.09 Å². The molecule has 3 N–H and O–H groups in total. The number of nitrogens with two attached hydrogens (primary N) is 1. The Balaban J connectivity index is 1.59. The summed E-state index contributed by atoms with van der Waals surface area (Å²) in [7, 11) is 0. The lowest BCUT2D eigenvalue weighted by molar-refractivity contribution is 0.0415. The highest BCUT2D eigenvalue weighted by Crippen LogP contribution is 2.48. The van der Waals surface area contributed by atoms with Gasteiger partial charge in [-0.15, -0.1) is 5.10 Å². The topological polar surface area (TPSA) is 126 Å². The van der Waals surface area contributed by atoms with Crippen LogP contribution >= 0.6 is 15.9 Å². The smallest absolute Gasteiger partial charge is 0.415 e. The zero-order valence-corrected chi connectivity index (χ0v) is 22.7. The number of nitrogens with zero attached hydrogens (tertiary/aromatic N) is 3. The van der Waals surface area contributed by atoms with Gasteiger partial charge in [0.15, 0.2) is 0 Å². The van der Waals surface area contributed by atoms with Crippen LogP contribution in [0.1, 0.15) is 36.5 Å². The molecule has 9 nitrogen and oxygen atoms in total. The molecule has 1 atom stereocenters. The summed E-state index contributed by atoms with van der Waals surface area (Å²) >= 11 is 3.53. The van der Waals surface area contributed by atoms with Gasteiger partial charge in [-0.1, -0.05) is 54.0 Å². The number of aromatic amines is 1. The number of morpholine rings is 1. The number of hydrogen-bond acceptors (Lipinski definition) is 7. The van der Waals surface area contributed by atoms with E-state index in [2.05, 4.69) is 58.2 Å². The maximum Gasteiger partial charge on any atom is 0.415 e. The Hall–Kier alpha value is -3.81. The summed E-state index contributed by atoms with van der Waals surface area (Å²) in [5.74, 6) is 0.416. The summed E-state index contributed by atoms with van der Waals surface area (Å²) in [5, 5.41) is 17.6. The second-order valence-corrected chi connectivity index (χ2v) is 10.6. The van der Waals surface area contributed by atoms with Crippen molar-refractivity contribution in [3.63, 3.8) is 0 Å². The molecule has 1 saturated heterocycles.